The Hall–Kier alpha value is -1.10. The molecule has 0 radical (unpaired) electrons. The molecule has 0 bridgehead atoms. The third kappa shape index (κ3) is 7.48. The lowest BCUT2D eigenvalue weighted by atomic mass is 9.91. The quantitative estimate of drug-likeness (QED) is 0.409. The van der Waals surface area contributed by atoms with Crippen LogP contribution in [0.15, 0.2) is 0 Å². The molecule has 0 aliphatic heterocycles. The molecule has 0 spiro atoms. The van der Waals surface area contributed by atoms with Gasteiger partial charge in [0.1, 0.15) is 0 Å². The molecule has 1 rings (SSSR count). The van der Waals surface area contributed by atoms with E-state index in [1.54, 1.807) is 0 Å². The summed E-state index contributed by atoms with van der Waals surface area (Å²) in [6.07, 6.45) is 5.82. The molecule has 1 saturated carbocycles. The van der Waals surface area contributed by atoms with Crippen molar-refractivity contribution in [2.24, 2.45) is 5.41 Å². The summed E-state index contributed by atoms with van der Waals surface area (Å²) in [5.41, 5.74) is -0.00880. The van der Waals surface area contributed by atoms with Gasteiger partial charge in [-0.2, -0.15) is 0 Å². The van der Waals surface area contributed by atoms with Crippen LogP contribution in [-0.4, -0.2) is 31.4 Å². The summed E-state index contributed by atoms with van der Waals surface area (Å²) in [7, 11) is 0. The third-order valence-electron chi connectivity index (χ3n) is 3.21. The Labute approximate surface area is 121 Å². The zero-order valence-electron chi connectivity index (χ0n) is 12.7. The van der Waals surface area contributed by atoms with Crippen LogP contribution in [-0.2, 0) is 23.8 Å². The predicted molar refractivity (Wildman–Crippen MR) is 73.9 cm³/mol. The van der Waals surface area contributed by atoms with E-state index >= 15 is 0 Å². The van der Waals surface area contributed by atoms with Gasteiger partial charge in [0, 0.05) is 6.42 Å². The molecule has 0 aromatic rings. The fourth-order valence-electron chi connectivity index (χ4n) is 2.32. The maximum absolute atomic E-state index is 11.6. The first-order valence-electron chi connectivity index (χ1n) is 7.31. The lowest BCUT2D eigenvalue weighted by Crippen LogP contribution is -2.32. The molecule has 1 unspecified atom stereocenters. The Balaban J connectivity index is 2.49. The average Bonchev–Trinajstić information content (AvgIpc) is 2.35. The van der Waals surface area contributed by atoms with Gasteiger partial charge in [-0.15, -0.1) is 0 Å². The normalized spacial score (nSPS) is 18.4. The molecule has 0 N–H and O–H groups in total. The highest BCUT2D eigenvalue weighted by molar-refractivity contribution is 5.71. The minimum atomic E-state index is -0.569. The van der Waals surface area contributed by atoms with Gasteiger partial charge < -0.3 is 14.2 Å². The van der Waals surface area contributed by atoms with Crippen LogP contribution in [0.1, 0.15) is 59.3 Å². The van der Waals surface area contributed by atoms with E-state index in [9.17, 15) is 9.59 Å². The molecular formula is C15H26O5. The molecule has 1 aliphatic rings. The van der Waals surface area contributed by atoms with Crippen molar-refractivity contribution in [2.45, 2.75) is 71.7 Å². The number of hydrogen-bond acceptors (Lipinski definition) is 5. The van der Waals surface area contributed by atoms with Crippen LogP contribution < -0.4 is 0 Å². The number of hydrogen-bond donors (Lipinski definition) is 0. The van der Waals surface area contributed by atoms with Gasteiger partial charge in [-0.3, -0.25) is 4.79 Å². The van der Waals surface area contributed by atoms with Gasteiger partial charge in [0.25, 0.3) is 6.47 Å². The van der Waals surface area contributed by atoms with Gasteiger partial charge >= 0.3 is 5.97 Å². The first-order chi connectivity index (χ1) is 9.40. The first kappa shape index (κ1) is 17.0. The molecule has 5 nitrogen and oxygen atoms in total. The lowest BCUT2D eigenvalue weighted by Gasteiger charge is -2.30. The second-order valence-electron chi connectivity index (χ2n) is 6.49. The number of esters is 1. The maximum atomic E-state index is 11.6. The van der Waals surface area contributed by atoms with Gasteiger partial charge in [-0.25, -0.2) is 4.79 Å². The van der Waals surface area contributed by atoms with Gasteiger partial charge in [0.2, 0.25) is 6.29 Å². The highest BCUT2D eigenvalue weighted by atomic mass is 16.7. The summed E-state index contributed by atoms with van der Waals surface area (Å²) in [6, 6.07) is 0. The van der Waals surface area contributed by atoms with E-state index in [1.807, 2.05) is 0 Å². The van der Waals surface area contributed by atoms with Crippen molar-refractivity contribution in [3.8, 4) is 0 Å². The smallest absolute Gasteiger partial charge is 0.346 e. The Morgan fingerprint density at radius 1 is 1.25 bits per heavy atom. The molecule has 5 heteroatoms. The van der Waals surface area contributed by atoms with Crippen LogP contribution in [0.5, 0.6) is 0 Å². The zero-order valence-corrected chi connectivity index (χ0v) is 12.7. The van der Waals surface area contributed by atoms with E-state index in [0.717, 1.165) is 25.7 Å². The van der Waals surface area contributed by atoms with Crippen molar-refractivity contribution < 1.29 is 23.8 Å². The Morgan fingerprint density at radius 2 is 1.90 bits per heavy atom. The van der Waals surface area contributed by atoms with E-state index < -0.39 is 12.3 Å². The summed E-state index contributed by atoms with van der Waals surface area (Å²) < 4.78 is 15.6. The SMILES string of the molecule is CC(C)(C)CC(OC(=O)COC=O)OC1CCCCC1. The highest BCUT2D eigenvalue weighted by Gasteiger charge is 2.26. The van der Waals surface area contributed by atoms with E-state index in [1.165, 1.54) is 6.42 Å². The predicted octanol–water partition coefficient (Wildman–Crippen LogP) is 2.81. The van der Waals surface area contributed by atoms with Crippen LogP contribution in [0.4, 0.5) is 0 Å². The molecular weight excluding hydrogens is 260 g/mol. The average molecular weight is 286 g/mol. The largest absolute Gasteiger partial charge is 0.456 e. The number of rotatable bonds is 7. The van der Waals surface area contributed by atoms with Crippen molar-refractivity contribution in [3.63, 3.8) is 0 Å². The molecule has 1 atom stereocenters. The Bertz CT molecular complexity index is 302. The summed E-state index contributed by atoms with van der Waals surface area (Å²) in [5.74, 6) is -0.567. The van der Waals surface area contributed by atoms with Crippen molar-refractivity contribution >= 4 is 12.4 Å². The maximum Gasteiger partial charge on any atom is 0.346 e. The van der Waals surface area contributed by atoms with Gasteiger partial charge in [0.15, 0.2) is 6.61 Å². The minimum Gasteiger partial charge on any atom is -0.456 e. The second kappa shape index (κ2) is 8.25. The first-order valence-corrected chi connectivity index (χ1v) is 7.31. The fraction of sp³-hybridized carbons (Fsp3) is 0.867. The van der Waals surface area contributed by atoms with Crippen molar-refractivity contribution in [2.75, 3.05) is 6.61 Å². The number of carbonyl (C=O) groups excluding carboxylic acids is 2. The molecule has 0 aromatic carbocycles. The number of ether oxygens (including phenoxy) is 3. The zero-order chi connectivity index (χ0) is 15.0. The minimum absolute atomic E-state index is 0.00880. The van der Waals surface area contributed by atoms with Crippen LogP contribution in [0.2, 0.25) is 0 Å². The monoisotopic (exact) mass is 286 g/mol. The fourth-order valence-corrected chi connectivity index (χ4v) is 2.32. The third-order valence-corrected chi connectivity index (χ3v) is 3.21. The van der Waals surface area contributed by atoms with E-state index in [2.05, 4.69) is 25.5 Å². The lowest BCUT2D eigenvalue weighted by molar-refractivity contribution is -0.203. The van der Waals surface area contributed by atoms with Gasteiger partial charge in [-0.05, 0) is 18.3 Å². The molecule has 20 heavy (non-hydrogen) atoms. The summed E-state index contributed by atoms with van der Waals surface area (Å²) >= 11 is 0. The van der Waals surface area contributed by atoms with E-state index in [4.69, 9.17) is 9.47 Å². The standard InChI is InChI=1S/C15H26O5/c1-15(2,3)9-14(20-13(17)10-18-11-16)19-12-7-5-4-6-8-12/h11-12,14H,4-10H2,1-3H3. The van der Waals surface area contributed by atoms with Crippen molar-refractivity contribution in [1.82, 2.24) is 0 Å². The molecule has 0 saturated heterocycles. The molecule has 0 heterocycles. The van der Waals surface area contributed by atoms with E-state index in [-0.39, 0.29) is 24.6 Å². The topological polar surface area (TPSA) is 61.8 Å². The van der Waals surface area contributed by atoms with Crippen LogP contribution in [0.3, 0.4) is 0 Å². The number of carbonyl (C=O) groups is 2. The Kier molecular flexibility index (Phi) is 6.99. The summed E-state index contributed by atoms with van der Waals surface area (Å²) in [6.45, 7) is 6.08. The van der Waals surface area contributed by atoms with Gasteiger partial charge in [0.05, 0.1) is 6.10 Å². The second-order valence-corrected chi connectivity index (χ2v) is 6.49. The Morgan fingerprint density at radius 3 is 2.45 bits per heavy atom. The highest BCUT2D eigenvalue weighted by Crippen LogP contribution is 2.27. The molecule has 1 fully saturated rings. The molecule has 1 aliphatic carbocycles. The van der Waals surface area contributed by atoms with Crippen molar-refractivity contribution in [3.05, 3.63) is 0 Å². The molecule has 116 valence electrons. The van der Waals surface area contributed by atoms with Gasteiger partial charge in [-0.1, -0.05) is 40.0 Å². The van der Waals surface area contributed by atoms with Crippen LogP contribution >= 0.6 is 0 Å². The molecule has 0 aromatic heterocycles. The van der Waals surface area contributed by atoms with E-state index in [0.29, 0.717) is 6.42 Å². The molecule has 0 amide bonds. The summed E-state index contributed by atoms with van der Waals surface area (Å²) in [4.78, 5) is 21.6. The van der Waals surface area contributed by atoms with Crippen molar-refractivity contribution in [1.29, 1.82) is 0 Å². The van der Waals surface area contributed by atoms with Crippen LogP contribution in [0.25, 0.3) is 0 Å². The van der Waals surface area contributed by atoms with Crippen LogP contribution in [0, 0.1) is 5.41 Å². The summed E-state index contributed by atoms with van der Waals surface area (Å²) in [5, 5.41) is 0.